The summed E-state index contributed by atoms with van der Waals surface area (Å²) in [6, 6.07) is -1.00. The molecule has 0 aromatic heterocycles. The van der Waals surface area contributed by atoms with Gasteiger partial charge in [0.2, 0.25) is 5.91 Å². The molecule has 1 amide bonds. The number of piperidine rings is 1. The Kier molecular flexibility index (Phi) is 3.28. The predicted octanol–water partition coefficient (Wildman–Crippen LogP) is -0.217. The Morgan fingerprint density at radius 3 is 2.20 bits per heavy atom. The number of nitrogens with zero attached hydrogens (tertiary/aromatic N) is 1. The number of rotatable bonds is 2. The van der Waals surface area contributed by atoms with Crippen molar-refractivity contribution in [3.63, 3.8) is 0 Å². The second-order valence-corrected chi connectivity index (χ2v) is 3.63. The van der Waals surface area contributed by atoms with Crippen LogP contribution in [-0.2, 0) is 14.4 Å². The van der Waals surface area contributed by atoms with Crippen LogP contribution in [0.4, 0.5) is 0 Å². The Morgan fingerprint density at radius 2 is 1.80 bits per heavy atom. The number of carboxylic acid groups (broad SMARTS) is 2. The van der Waals surface area contributed by atoms with Gasteiger partial charge in [-0.1, -0.05) is 0 Å². The number of carbonyl (C=O) groups excluding carboxylic acids is 1. The van der Waals surface area contributed by atoms with Crippen molar-refractivity contribution in [2.24, 2.45) is 5.92 Å². The molecule has 0 spiro atoms. The summed E-state index contributed by atoms with van der Waals surface area (Å²) in [7, 11) is 0. The second kappa shape index (κ2) is 4.29. The van der Waals surface area contributed by atoms with Gasteiger partial charge >= 0.3 is 11.9 Å². The van der Waals surface area contributed by atoms with Gasteiger partial charge in [0, 0.05) is 13.5 Å². The Hall–Kier alpha value is -1.59. The van der Waals surface area contributed by atoms with Crippen LogP contribution in [0.1, 0.15) is 19.8 Å². The van der Waals surface area contributed by atoms with Gasteiger partial charge in [-0.15, -0.1) is 0 Å². The standard InChI is InChI=1S/C9H13NO5/c1-5(11)10-3-2-6(8(12)13)4-7(10)9(14)15/h6-7H,2-4H2,1H3,(H,12,13)(H,14,15)/t6-,7+/m1/s1. The lowest BCUT2D eigenvalue weighted by molar-refractivity contribution is -0.156. The highest BCUT2D eigenvalue weighted by molar-refractivity contribution is 5.83. The maximum atomic E-state index is 11.1. The number of hydrogen-bond acceptors (Lipinski definition) is 3. The molecule has 0 radical (unpaired) electrons. The van der Waals surface area contributed by atoms with Crippen LogP contribution in [0.15, 0.2) is 0 Å². The molecular weight excluding hydrogens is 202 g/mol. The number of aliphatic carboxylic acids is 2. The lowest BCUT2D eigenvalue weighted by atomic mass is 9.91. The highest BCUT2D eigenvalue weighted by Gasteiger charge is 2.37. The fourth-order valence-electron chi connectivity index (χ4n) is 1.80. The van der Waals surface area contributed by atoms with Gasteiger partial charge in [0.1, 0.15) is 6.04 Å². The number of hydrogen-bond donors (Lipinski definition) is 2. The highest BCUT2D eigenvalue weighted by atomic mass is 16.4. The van der Waals surface area contributed by atoms with E-state index in [9.17, 15) is 14.4 Å². The van der Waals surface area contributed by atoms with Crippen LogP contribution in [0.25, 0.3) is 0 Å². The highest BCUT2D eigenvalue weighted by Crippen LogP contribution is 2.23. The first-order valence-corrected chi connectivity index (χ1v) is 4.66. The van der Waals surface area contributed by atoms with Crippen molar-refractivity contribution in [2.75, 3.05) is 6.54 Å². The van der Waals surface area contributed by atoms with Crippen molar-refractivity contribution in [3.05, 3.63) is 0 Å². The molecule has 84 valence electrons. The third kappa shape index (κ3) is 2.45. The van der Waals surface area contributed by atoms with Crippen LogP contribution in [-0.4, -0.2) is 45.5 Å². The average molecular weight is 215 g/mol. The Balaban J connectivity index is 2.78. The molecule has 0 bridgehead atoms. The summed E-state index contributed by atoms with van der Waals surface area (Å²) in [5.74, 6) is -3.13. The molecule has 0 unspecified atom stereocenters. The predicted molar refractivity (Wildman–Crippen MR) is 49.2 cm³/mol. The molecule has 2 N–H and O–H groups in total. The zero-order valence-electron chi connectivity index (χ0n) is 8.34. The van der Waals surface area contributed by atoms with Crippen molar-refractivity contribution in [3.8, 4) is 0 Å². The van der Waals surface area contributed by atoms with Gasteiger partial charge in [-0.25, -0.2) is 4.79 Å². The summed E-state index contributed by atoms with van der Waals surface area (Å²) >= 11 is 0. The van der Waals surface area contributed by atoms with E-state index in [4.69, 9.17) is 10.2 Å². The van der Waals surface area contributed by atoms with Crippen LogP contribution in [0.2, 0.25) is 0 Å². The van der Waals surface area contributed by atoms with Gasteiger partial charge in [0.05, 0.1) is 5.92 Å². The average Bonchev–Trinajstić information content (AvgIpc) is 2.16. The van der Waals surface area contributed by atoms with Crippen molar-refractivity contribution in [1.29, 1.82) is 0 Å². The first kappa shape index (κ1) is 11.5. The van der Waals surface area contributed by atoms with E-state index < -0.39 is 23.9 Å². The molecule has 1 aliphatic heterocycles. The first-order chi connectivity index (χ1) is 6.93. The van der Waals surface area contributed by atoms with Crippen LogP contribution in [0.5, 0.6) is 0 Å². The second-order valence-electron chi connectivity index (χ2n) is 3.63. The zero-order chi connectivity index (χ0) is 11.6. The normalized spacial score (nSPS) is 26.1. The van der Waals surface area contributed by atoms with Crippen LogP contribution < -0.4 is 0 Å². The van der Waals surface area contributed by atoms with Crippen LogP contribution >= 0.6 is 0 Å². The van der Waals surface area contributed by atoms with E-state index in [0.29, 0.717) is 6.42 Å². The molecular formula is C9H13NO5. The van der Waals surface area contributed by atoms with E-state index in [0.717, 1.165) is 0 Å². The third-order valence-corrected chi connectivity index (χ3v) is 2.64. The van der Waals surface area contributed by atoms with Crippen molar-refractivity contribution in [1.82, 2.24) is 4.90 Å². The SMILES string of the molecule is CC(=O)N1CC[C@@H](C(=O)O)C[C@H]1C(=O)O. The Morgan fingerprint density at radius 1 is 1.20 bits per heavy atom. The molecule has 15 heavy (non-hydrogen) atoms. The number of carbonyl (C=O) groups is 3. The molecule has 0 aromatic rings. The Bertz CT molecular complexity index is 301. The van der Waals surface area contributed by atoms with Gasteiger partial charge < -0.3 is 15.1 Å². The minimum Gasteiger partial charge on any atom is -0.481 e. The fourth-order valence-corrected chi connectivity index (χ4v) is 1.80. The number of likely N-dealkylation sites (tertiary alicyclic amines) is 1. The van der Waals surface area contributed by atoms with Crippen molar-refractivity contribution >= 4 is 17.8 Å². The third-order valence-electron chi connectivity index (χ3n) is 2.64. The summed E-state index contributed by atoms with van der Waals surface area (Å²) in [4.78, 5) is 33.9. The smallest absolute Gasteiger partial charge is 0.326 e. The number of amides is 1. The molecule has 1 fully saturated rings. The summed E-state index contributed by atoms with van der Waals surface area (Å²) in [6.07, 6.45) is 0.308. The minimum absolute atomic E-state index is 0.00968. The van der Waals surface area contributed by atoms with E-state index in [2.05, 4.69) is 0 Å². The molecule has 1 saturated heterocycles. The van der Waals surface area contributed by atoms with Gasteiger partial charge in [0.15, 0.2) is 0 Å². The molecule has 6 heteroatoms. The van der Waals surface area contributed by atoms with E-state index >= 15 is 0 Å². The maximum absolute atomic E-state index is 11.1. The van der Waals surface area contributed by atoms with Crippen LogP contribution in [0, 0.1) is 5.92 Å². The molecule has 1 rings (SSSR count). The van der Waals surface area contributed by atoms with E-state index in [1.807, 2.05) is 0 Å². The molecule has 1 aliphatic rings. The lowest BCUT2D eigenvalue weighted by Gasteiger charge is -2.34. The monoisotopic (exact) mass is 215 g/mol. The Labute approximate surface area is 86.5 Å². The first-order valence-electron chi connectivity index (χ1n) is 4.66. The quantitative estimate of drug-likeness (QED) is 0.664. The molecule has 1 heterocycles. The molecule has 6 nitrogen and oxygen atoms in total. The van der Waals surface area contributed by atoms with E-state index in [1.165, 1.54) is 11.8 Å². The summed E-state index contributed by atoms with van der Waals surface area (Å²) in [6.45, 7) is 1.49. The summed E-state index contributed by atoms with van der Waals surface area (Å²) in [5, 5.41) is 17.6. The van der Waals surface area contributed by atoms with Gasteiger partial charge in [-0.05, 0) is 12.8 Å². The lowest BCUT2D eigenvalue weighted by Crippen LogP contribution is -2.50. The van der Waals surface area contributed by atoms with Crippen LogP contribution in [0.3, 0.4) is 0 Å². The molecule has 0 aliphatic carbocycles. The maximum Gasteiger partial charge on any atom is 0.326 e. The number of carboxylic acids is 2. The fraction of sp³-hybridized carbons (Fsp3) is 0.667. The largest absolute Gasteiger partial charge is 0.481 e. The van der Waals surface area contributed by atoms with Gasteiger partial charge in [-0.2, -0.15) is 0 Å². The summed E-state index contributed by atoms with van der Waals surface area (Å²) < 4.78 is 0. The molecule has 2 atom stereocenters. The van der Waals surface area contributed by atoms with Gasteiger partial charge in [0.25, 0.3) is 0 Å². The minimum atomic E-state index is -1.14. The van der Waals surface area contributed by atoms with Crippen molar-refractivity contribution < 1.29 is 24.6 Å². The van der Waals surface area contributed by atoms with Gasteiger partial charge in [-0.3, -0.25) is 9.59 Å². The van der Waals surface area contributed by atoms with E-state index in [-0.39, 0.29) is 18.9 Å². The molecule has 0 saturated carbocycles. The summed E-state index contributed by atoms with van der Waals surface area (Å²) in [5.41, 5.74) is 0. The molecule has 0 aromatic carbocycles. The topological polar surface area (TPSA) is 94.9 Å². The zero-order valence-corrected chi connectivity index (χ0v) is 8.34. The van der Waals surface area contributed by atoms with Crippen molar-refractivity contribution in [2.45, 2.75) is 25.8 Å². The van der Waals surface area contributed by atoms with E-state index in [1.54, 1.807) is 0 Å².